The van der Waals surface area contributed by atoms with Crippen LogP contribution in [0, 0.1) is 0 Å². The van der Waals surface area contributed by atoms with Crippen molar-refractivity contribution in [2.75, 3.05) is 13.1 Å². The van der Waals surface area contributed by atoms with E-state index >= 15 is 0 Å². The molecular weight excluding hydrogens is 608 g/mol. The van der Waals surface area contributed by atoms with Crippen molar-refractivity contribution in [2.24, 2.45) is 27.9 Å². The summed E-state index contributed by atoms with van der Waals surface area (Å²) in [7, 11) is 0. The number of hydrogen-bond donors (Lipinski definition) is 7. The van der Waals surface area contributed by atoms with E-state index in [2.05, 4.69) is 20.9 Å². The van der Waals surface area contributed by atoms with E-state index < -0.39 is 41.8 Å². The van der Waals surface area contributed by atoms with Gasteiger partial charge in [0.25, 0.3) is 5.91 Å². The maximum atomic E-state index is 13.5. The van der Waals surface area contributed by atoms with Gasteiger partial charge in [-0.25, -0.2) is 0 Å². The zero-order valence-corrected chi connectivity index (χ0v) is 26.3. The van der Waals surface area contributed by atoms with Crippen molar-refractivity contribution < 1.29 is 23.9 Å². The lowest BCUT2D eigenvalue weighted by Crippen LogP contribution is -2.54. The third-order valence-corrected chi connectivity index (χ3v) is 7.79. The van der Waals surface area contributed by atoms with Gasteiger partial charge in [0.15, 0.2) is 5.96 Å². The number of unbranched alkanes of at least 4 members (excludes halogenated alkanes) is 1. The van der Waals surface area contributed by atoms with Gasteiger partial charge in [0.05, 0.1) is 4.88 Å². The molecule has 1 aromatic heterocycles. The number of ether oxygens (including phenoxy) is 1. The van der Waals surface area contributed by atoms with Crippen LogP contribution in [-0.4, -0.2) is 54.8 Å². The highest BCUT2D eigenvalue weighted by molar-refractivity contribution is 7.12. The molecule has 0 spiro atoms. The number of amides is 4. The minimum absolute atomic E-state index is 0.0846. The lowest BCUT2D eigenvalue weighted by atomic mass is 10.0. The van der Waals surface area contributed by atoms with Crippen LogP contribution in [0.1, 0.15) is 58.9 Å². The zero-order valence-electron chi connectivity index (χ0n) is 25.5. The first-order valence-electron chi connectivity index (χ1n) is 14.9. The standard InChI is InChI=1S/C32H42N8O5S/c33-17-5-4-10-24(38-29(42)25(11-6-18-37-32(35)36)39-31(44)26-12-7-19-46-26)30(43)40-27(28(34)41)22-13-15-23(16-14-22)45-20-21-8-2-1-3-9-21/h1-3,7-9,12-16,19,24-25,27H,4-6,10-11,17-18,20,33H2,(H2,34,41)(H,38,42)(H,39,44)(H,40,43)(H4,35,36,37)/t24-,25-,27+/m0/s1. The molecule has 0 aliphatic heterocycles. The molecule has 13 nitrogen and oxygen atoms in total. The van der Waals surface area contributed by atoms with Crippen LogP contribution < -0.4 is 43.6 Å². The first-order chi connectivity index (χ1) is 22.2. The Kier molecular flexibility index (Phi) is 14.5. The molecule has 46 heavy (non-hydrogen) atoms. The summed E-state index contributed by atoms with van der Waals surface area (Å²) in [5.41, 5.74) is 23.6. The number of thiophene rings is 1. The zero-order chi connectivity index (χ0) is 33.3. The van der Waals surface area contributed by atoms with Crippen LogP contribution in [0.25, 0.3) is 0 Å². The topological polar surface area (TPSA) is 230 Å². The summed E-state index contributed by atoms with van der Waals surface area (Å²) in [4.78, 5) is 56.7. The Labute approximate surface area is 272 Å². The van der Waals surface area contributed by atoms with E-state index in [0.717, 1.165) is 5.56 Å². The van der Waals surface area contributed by atoms with E-state index in [1.807, 2.05) is 30.3 Å². The molecule has 1 heterocycles. The second-order valence-corrected chi connectivity index (χ2v) is 11.4. The third-order valence-electron chi connectivity index (χ3n) is 6.92. The van der Waals surface area contributed by atoms with Crippen molar-refractivity contribution in [2.45, 2.75) is 56.8 Å². The number of nitrogens with zero attached hydrogens (tertiary/aromatic N) is 1. The van der Waals surface area contributed by atoms with Gasteiger partial charge in [-0.15, -0.1) is 11.3 Å². The van der Waals surface area contributed by atoms with E-state index in [9.17, 15) is 19.2 Å². The van der Waals surface area contributed by atoms with Gasteiger partial charge in [-0.05, 0) is 73.4 Å². The van der Waals surface area contributed by atoms with Crippen LogP contribution in [0.2, 0.25) is 0 Å². The van der Waals surface area contributed by atoms with Crippen LogP contribution in [0.15, 0.2) is 77.1 Å². The number of aliphatic imine (C=N–C) groups is 1. The number of guanidine groups is 1. The lowest BCUT2D eigenvalue weighted by Gasteiger charge is -2.25. The average Bonchev–Trinajstić information content (AvgIpc) is 3.59. The minimum Gasteiger partial charge on any atom is -0.489 e. The number of carbonyl (C=O) groups excluding carboxylic acids is 4. The van der Waals surface area contributed by atoms with Crippen LogP contribution >= 0.6 is 11.3 Å². The minimum atomic E-state index is -1.17. The SMILES string of the molecule is NCCCC[C@H](NC(=O)[C@H](CCCN=C(N)N)NC(=O)c1cccs1)C(=O)N[C@@H](C(N)=O)c1ccc(OCc2ccccc2)cc1. The molecule has 0 radical (unpaired) electrons. The number of nitrogens with one attached hydrogen (secondary N) is 3. The Balaban J connectivity index is 1.71. The highest BCUT2D eigenvalue weighted by Crippen LogP contribution is 2.20. The number of rotatable bonds is 19. The molecule has 0 aliphatic carbocycles. The van der Waals surface area contributed by atoms with E-state index in [4.69, 9.17) is 27.7 Å². The second-order valence-electron chi connectivity index (χ2n) is 10.5. The molecule has 0 aliphatic rings. The van der Waals surface area contributed by atoms with Crippen molar-refractivity contribution in [1.82, 2.24) is 16.0 Å². The van der Waals surface area contributed by atoms with Crippen LogP contribution in [0.4, 0.5) is 0 Å². The molecule has 3 rings (SSSR count). The van der Waals surface area contributed by atoms with E-state index in [-0.39, 0.29) is 25.3 Å². The fraction of sp³-hybridized carbons (Fsp3) is 0.344. The average molecular weight is 651 g/mol. The van der Waals surface area contributed by atoms with Gasteiger partial charge < -0.3 is 43.6 Å². The van der Waals surface area contributed by atoms with Crippen molar-refractivity contribution in [1.29, 1.82) is 0 Å². The molecule has 0 saturated carbocycles. The van der Waals surface area contributed by atoms with Crippen LogP contribution in [0.5, 0.6) is 5.75 Å². The van der Waals surface area contributed by atoms with Gasteiger partial charge in [-0.1, -0.05) is 48.5 Å². The normalized spacial score (nSPS) is 12.6. The van der Waals surface area contributed by atoms with Gasteiger partial charge in [0, 0.05) is 6.54 Å². The van der Waals surface area contributed by atoms with Crippen molar-refractivity contribution in [3.8, 4) is 5.75 Å². The third kappa shape index (κ3) is 11.9. The number of nitrogens with two attached hydrogens (primary N) is 4. The van der Waals surface area contributed by atoms with Crippen molar-refractivity contribution in [3.63, 3.8) is 0 Å². The van der Waals surface area contributed by atoms with Gasteiger partial charge >= 0.3 is 0 Å². The van der Waals surface area contributed by atoms with Gasteiger partial charge in [-0.2, -0.15) is 0 Å². The highest BCUT2D eigenvalue weighted by Gasteiger charge is 2.29. The van der Waals surface area contributed by atoms with E-state index in [1.54, 1.807) is 41.8 Å². The van der Waals surface area contributed by atoms with Gasteiger partial charge in [0.1, 0.15) is 30.5 Å². The first-order valence-corrected chi connectivity index (χ1v) is 15.8. The molecule has 0 unspecified atom stereocenters. The fourth-order valence-corrected chi connectivity index (χ4v) is 5.13. The van der Waals surface area contributed by atoms with Crippen LogP contribution in [0.3, 0.4) is 0 Å². The molecule has 3 atom stereocenters. The number of benzene rings is 2. The fourth-order valence-electron chi connectivity index (χ4n) is 4.50. The lowest BCUT2D eigenvalue weighted by molar-refractivity contribution is -0.132. The molecule has 4 amide bonds. The van der Waals surface area contributed by atoms with Gasteiger partial charge in [0.2, 0.25) is 17.7 Å². The molecule has 2 aromatic carbocycles. The summed E-state index contributed by atoms with van der Waals surface area (Å²) >= 11 is 1.23. The molecule has 0 fully saturated rings. The summed E-state index contributed by atoms with van der Waals surface area (Å²) < 4.78 is 5.82. The molecule has 11 N–H and O–H groups in total. The maximum absolute atomic E-state index is 13.5. The summed E-state index contributed by atoms with van der Waals surface area (Å²) in [6.45, 7) is 1.01. The quantitative estimate of drug-likeness (QED) is 0.0569. The Morgan fingerprint density at radius 3 is 2.09 bits per heavy atom. The Bertz CT molecular complexity index is 1430. The van der Waals surface area contributed by atoms with Crippen LogP contribution in [-0.2, 0) is 21.0 Å². The number of carbonyl (C=O) groups is 4. The molecule has 246 valence electrons. The Hall–Kier alpha value is -4.95. The number of hydrogen-bond acceptors (Lipinski definition) is 8. The monoisotopic (exact) mass is 650 g/mol. The Morgan fingerprint density at radius 2 is 1.46 bits per heavy atom. The molecule has 3 aromatic rings. The maximum Gasteiger partial charge on any atom is 0.261 e. The Morgan fingerprint density at radius 1 is 0.783 bits per heavy atom. The predicted octanol–water partition coefficient (Wildman–Crippen LogP) is 1.44. The smallest absolute Gasteiger partial charge is 0.261 e. The summed E-state index contributed by atoms with van der Waals surface area (Å²) in [5.74, 6) is -1.89. The second kappa shape index (κ2) is 18.8. The summed E-state index contributed by atoms with van der Waals surface area (Å²) in [6.07, 6.45) is 1.98. The first kappa shape index (κ1) is 35.5. The van der Waals surface area contributed by atoms with E-state index in [1.165, 1.54) is 11.3 Å². The molecule has 0 saturated heterocycles. The predicted molar refractivity (Wildman–Crippen MR) is 178 cm³/mol. The highest BCUT2D eigenvalue weighted by atomic mass is 32.1. The summed E-state index contributed by atoms with van der Waals surface area (Å²) in [5, 5.41) is 9.92. The van der Waals surface area contributed by atoms with Crippen molar-refractivity contribution >= 4 is 40.9 Å². The molecular formula is C32H42N8O5S. The van der Waals surface area contributed by atoms with Crippen molar-refractivity contribution in [3.05, 3.63) is 88.1 Å². The largest absolute Gasteiger partial charge is 0.489 e. The molecule has 14 heteroatoms. The summed E-state index contributed by atoms with van der Waals surface area (Å²) in [6, 6.07) is 16.5. The van der Waals surface area contributed by atoms with Gasteiger partial charge in [-0.3, -0.25) is 24.2 Å². The number of primary amides is 1. The van der Waals surface area contributed by atoms with E-state index in [0.29, 0.717) is 48.6 Å². The molecule has 0 bridgehead atoms.